The highest BCUT2D eigenvalue weighted by Gasteiger charge is 2.31. The van der Waals surface area contributed by atoms with E-state index in [1.165, 1.54) is 17.1 Å². The number of amides is 1. The zero-order chi connectivity index (χ0) is 29.7. The molecule has 9 nitrogen and oxygen atoms in total. The first-order chi connectivity index (χ1) is 20.3. The van der Waals surface area contributed by atoms with Crippen LogP contribution in [-0.4, -0.2) is 97.6 Å². The Labute approximate surface area is 250 Å². The van der Waals surface area contributed by atoms with E-state index in [0.29, 0.717) is 23.5 Å². The summed E-state index contributed by atoms with van der Waals surface area (Å²) >= 11 is 0. The van der Waals surface area contributed by atoms with Crippen LogP contribution in [-0.2, 0) is 10.0 Å². The molecule has 3 aromatic carbocycles. The number of benzene rings is 3. The van der Waals surface area contributed by atoms with Crippen LogP contribution in [0.15, 0.2) is 77.7 Å². The smallest absolute Gasteiger partial charge is 0.266 e. The standard InChI is InChI=1S/C32H42N6O3S/c1-34-20-22-38(23-21-34)30-25-29(33-16-19-37-17-10-11-18-37)31(42(40,41)36(3)27-14-8-5-9-15-27)24-28(30)32(39)35(2)26-12-6-4-7-13-26/h4-9,12-15,24-25,33H,10-11,16-23H2,1-3H3. The Morgan fingerprint density at radius 3 is 2.05 bits per heavy atom. The van der Waals surface area contributed by atoms with Gasteiger partial charge in [0.15, 0.2) is 0 Å². The minimum atomic E-state index is -4.02. The first-order valence-corrected chi connectivity index (χ1v) is 16.1. The van der Waals surface area contributed by atoms with Crippen LogP contribution in [0, 0.1) is 0 Å². The second kappa shape index (κ2) is 13.1. The van der Waals surface area contributed by atoms with Crippen LogP contribution in [0.3, 0.4) is 0 Å². The largest absolute Gasteiger partial charge is 0.383 e. The van der Waals surface area contributed by atoms with E-state index in [-0.39, 0.29) is 10.8 Å². The summed E-state index contributed by atoms with van der Waals surface area (Å²) in [6.45, 7) is 6.77. The lowest BCUT2D eigenvalue weighted by molar-refractivity contribution is 0.0993. The van der Waals surface area contributed by atoms with E-state index in [0.717, 1.165) is 57.2 Å². The normalized spacial score (nSPS) is 16.4. The van der Waals surface area contributed by atoms with Crippen molar-refractivity contribution in [2.45, 2.75) is 17.7 Å². The van der Waals surface area contributed by atoms with Gasteiger partial charge in [-0.2, -0.15) is 0 Å². The van der Waals surface area contributed by atoms with Crippen molar-refractivity contribution in [2.75, 3.05) is 92.9 Å². The summed E-state index contributed by atoms with van der Waals surface area (Å²) in [5, 5.41) is 3.46. The first-order valence-electron chi connectivity index (χ1n) is 14.7. The summed E-state index contributed by atoms with van der Waals surface area (Å²) in [5.41, 5.74) is 2.94. The highest BCUT2D eigenvalue weighted by atomic mass is 32.2. The van der Waals surface area contributed by atoms with E-state index >= 15 is 0 Å². The molecule has 2 heterocycles. The van der Waals surface area contributed by atoms with Crippen molar-refractivity contribution >= 4 is 38.7 Å². The molecule has 0 bridgehead atoms. The Morgan fingerprint density at radius 2 is 1.43 bits per heavy atom. The summed E-state index contributed by atoms with van der Waals surface area (Å²) in [6.07, 6.45) is 2.39. The fourth-order valence-electron chi connectivity index (χ4n) is 5.63. The molecule has 1 amide bonds. The van der Waals surface area contributed by atoms with Crippen molar-refractivity contribution in [2.24, 2.45) is 0 Å². The Bertz CT molecular complexity index is 1450. The third-order valence-electron chi connectivity index (χ3n) is 8.32. The number of anilines is 4. The molecule has 0 unspecified atom stereocenters. The van der Waals surface area contributed by atoms with Crippen LogP contribution in [0.1, 0.15) is 23.2 Å². The number of likely N-dealkylation sites (tertiary alicyclic amines) is 1. The predicted octanol–water partition coefficient (Wildman–Crippen LogP) is 4.05. The Morgan fingerprint density at radius 1 is 0.833 bits per heavy atom. The molecule has 0 saturated carbocycles. The third-order valence-corrected chi connectivity index (χ3v) is 10.1. The van der Waals surface area contributed by atoms with Crippen LogP contribution in [0.4, 0.5) is 22.7 Å². The second-order valence-electron chi connectivity index (χ2n) is 11.1. The van der Waals surface area contributed by atoms with Gasteiger partial charge >= 0.3 is 0 Å². The van der Waals surface area contributed by atoms with Gasteiger partial charge in [0, 0.05) is 59.1 Å². The zero-order valence-corrected chi connectivity index (χ0v) is 25.7. The van der Waals surface area contributed by atoms with Crippen molar-refractivity contribution in [3.05, 3.63) is 78.4 Å². The molecule has 42 heavy (non-hydrogen) atoms. The quantitative estimate of drug-likeness (QED) is 0.382. The van der Waals surface area contributed by atoms with E-state index in [9.17, 15) is 13.2 Å². The maximum absolute atomic E-state index is 14.2. The second-order valence-corrected chi connectivity index (χ2v) is 13.1. The Kier molecular flexibility index (Phi) is 9.35. The van der Waals surface area contributed by atoms with Gasteiger partial charge in [-0.3, -0.25) is 9.10 Å². The lowest BCUT2D eigenvalue weighted by Crippen LogP contribution is -2.45. The molecule has 0 aromatic heterocycles. The van der Waals surface area contributed by atoms with Gasteiger partial charge in [-0.05, 0) is 69.4 Å². The van der Waals surface area contributed by atoms with Gasteiger partial charge in [0.1, 0.15) is 4.90 Å². The topological polar surface area (TPSA) is 79.4 Å². The maximum atomic E-state index is 14.2. The van der Waals surface area contributed by atoms with Crippen molar-refractivity contribution in [1.29, 1.82) is 0 Å². The van der Waals surface area contributed by atoms with Crippen LogP contribution in [0.25, 0.3) is 0 Å². The molecule has 0 radical (unpaired) electrons. The predicted molar refractivity (Wildman–Crippen MR) is 172 cm³/mol. The fraction of sp³-hybridized carbons (Fsp3) is 0.406. The van der Waals surface area contributed by atoms with Gasteiger partial charge in [-0.25, -0.2) is 8.42 Å². The number of para-hydroxylation sites is 2. The number of hydrogen-bond acceptors (Lipinski definition) is 7. The van der Waals surface area contributed by atoms with Gasteiger partial charge < -0.3 is 24.9 Å². The molecule has 2 fully saturated rings. The molecular weight excluding hydrogens is 548 g/mol. The van der Waals surface area contributed by atoms with Gasteiger partial charge in [-0.1, -0.05) is 36.4 Å². The number of nitrogens with one attached hydrogen (secondary N) is 1. The molecule has 0 spiro atoms. The van der Waals surface area contributed by atoms with Gasteiger partial charge in [0.05, 0.1) is 22.6 Å². The monoisotopic (exact) mass is 590 g/mol. The minimum absolute atomic E-state index is 0.0953. The number of piperazine rings is 1. The van der Waals surface area contributed by atoms with Crippen molar-refractivity contribution < 1.29 is 13.2 Å². The Balaban J connectivity index is 1.60. The molecule has 2 aliphatic rings. The SMILES string of the molecule is CN1CCN(c2cc(NCCN3CCCC3)c(S(=O)(=O)N(C)c3ccccc3)cc2C(=O)N(C)c2ccccc2)CC1. The number of carbonyl (C=O) groups excluding carboxylic acids is 1. The molecule has 0 atom stereocenters. The average Bonchev–Trinajstić information content (AvgIpc) is 3.54. The molecule has 1 N–H and O–H groups in total. The van der Waals surface area contributed by atoms with Gasteiger partial charge in [0.25, 0.3) is 15.9 Å². The van der Waals surface area contributed by atoms with Crippen LogP contribution >= 0.6 is 0 Å². The van der Waals surface area contributed by atoms with Crippen LogP contribution in [0.5, 0.6) is 0 Å². The molecule has 0 aliphatic carbocycles. The van der Waals surface area contributed by atoms with E-state index in [1.54, 1.807) is 37.2 Å². The molecule has 10 heteroatoms. The van der Waals surface area contributed by atoms with E-state index < -0.39 is 10.0 Å². The molecule has 5 rings (SSSR count). The third kappa shape index (κ3) is 6.56. The van der Waals surface area contributed by atoms with Crippen molar-refractivity contribution in [3.63, 3.8) is 0 Å². The number of likely N-dealkylation sites (N-methyl/N-ethyl adjacent to an activating group) is 1. The minimum Gasteiger partial charge on any atom is -0.383 e. The number of nitrogens with zero attached hydrogens (tertiary/aromatic N) is 5. The molecule has 2 saturated heterocycles. The summed E-state index contributed by atoms with van der Waals surface area (Å²) in [5.74, 6) is -0.252. The number of hydrogen-bond donors (Lipinski definition) is 1. The Hall–Kier alpha value is -3.60. The summed E-state index contributed by atoms with van der Waals surface area (Å²) in [7, 11) is 1.37. The lowest BCUT2D eigenvalue weighted by atomic mass is 10.1. The first kappa shape index (κ1) is 29.9. The molecular formula is C32H42N6O3S. The maximum Gasteiger partial charge on any atom is 0.266 e. The van der Waals surface area contributed by atoms with Gasteiger partial charge in [0.2, 0.25) is 0 Å². The number of rotatable bonds is 10. The summed E-state index contributed by atoms with van der Waals surface area (Å²) in [4.78, 5) is 22.7. The molecule has 3 aromatic rings. The van der Waals surface area contributed by atoms with E-state index in [1.807, 2.05) is 54.6 Å². The number of carbonyl (C=O) groups is 1. The molecule has 224 valence electrons. The van der Waals surface area contributed by atoms with Crippen molar-refractivity contribution in [1.82, 2.24) is 9.80 Å². The lowest BCUT2D eigenvalue weighted by Gasteiger charge is -2.36. The zero-order valence-electron chi connectivity index (χ0n) is 24.9. The number of sulfonamides is 1. The van der Waals surface area contributed by atoms with Crippen LogP contribution in [0.2, 0.25) is 0 Å². The van der Waals surface area contributed by atoms with Gasteiger partial charge in [-0.15, -0.1) is 0 Å². The fourth-order valence-corrected chi connectivity index (χ4v) is 7.00. The van der Waals surface area contributed by atoms with E-state index in [2.05, 4.69) is 27.1 Å². The van der Waals surface area contributed by atoms with Crippen LogP contribution < -0.4 is 19.4 Å². The highest BCUT2D eigenvalue weighted by Crippen LogP contribution is 2.36. The van der Waals surface area contributed by atoms with E-state index in [4.69, 9.17) is 0 Å². The van der Waals surface area contributed by atoms with Crippen molar-refractivity contribution in [3.8, 4) is 0 Å². The highest BCUT2D eigenvalue weighted by molar-refractivity contribution is 7.93. The average molecular weight is 591 g/mol. The molecule has 2 aliphatic heterocycles. The summed E-state index contributed by atoms with van der Waals surface area (Å²) in [6, 6.07) is 21.9. The summed E-state index contributed by atoms with van der Waals surface area (Å²) < 4.78 is 29.8.